The normalized spacial score (nSPS) is 18.7. The molecule has 33 heavy (non-hydrogen) atoms. The maximum atomic E-state index is 5.08. The molecule has 0 amide bonds. The summed E-state index contributed by atoms with van der Waals surface area (Å²) in [5.41, 5.74) is 4.47. The zero-order chi connectivity index (χ0) is 23.6. The molecule has 3 unspecified atom stereocenters. The first-order valence-electron chi connectivity index (χ1n) is 13.1. The molecule has 0 aliphatic heterocycles. The second-order valence-electron chi connectivity index (χ2n) is 9.43. The van der Waals surface area contributed by atoms with Gasteiger partial charge < -0.3 is 5.32 Å². The number of aromatic nitrogens is 4. The smallest absolute Gasteiger partial charge is 0.160 e. The van der Waals surface area contributed by atoms with Crippen LogP contribution in [0.2, 0.25) is 0 Å². The molecular weight excluding hydrogens is 406 g/mol. The summed E-state index contributed by atoms with van der Waals surface area (Å²) in [6, 6.07) is 6.30. The van der Waals surface area contributed by atoms with Gasteiger partial charge in [-0.05, 0) is 43.2 Å². The molecule has 0 spiro atoms. The molecule has 3 atom stereocenters. The molecular formula is C28H43N5. The van der Waals surface area contributed by atoms with E-state index in [0.717, 1.165) is 41.0 Å². The largest absolute Gasteiger partial charge is 0.366 e. The van der Waals surface area contributed by atoms with Crippen LogP contribution in [0.5, 0.6) is 0 Å². The highest BCUT2D eigenvalue weighted by Crippen LogP contribution is 2.36. The SMILES string of the molecule is CC.CCCC(CCCC1CCCC1C)c1cc(NCc2cccnc2)n2ncc(C)c2n1. The summed E-state index contributed by atoms with van der Waals surface area (Å²) in [6.45, 7) is 11.6. The molecule has 1 aliphatic rings. The molecule has 1 fully saturated rings. The van der Waals surface area contributed by atoms with E-state index in [0.29, 0.717) is 5.92 Å². The molecule has 5 heteroatoms. The van der Waals surface area contributed by atoms with E-state index in [1.807, 2.05) is 43.0 Å². The molecule has 0 saturated heterocycles. The zero-order valence-electron chi connectivity index (χ0n) is 21.3. The monoisotopic (exact) mass is 449 g/mol. The van der Waals surface area contributed by atoms with Gasteiger partial charge in [0, 0.05) is 42.2 Å². The Morgan fingerprint density at radius 2 is 2.03 bits per heavy atom. The Balaban J connectivity index is 0.00000149. The lowest BCUT2D eigenvalue weighted by atomic mass is 9.88. The van der Waals surface area contributed by atoms with Gasteiger partial charge in [-0.15, -0.1) is 0 Å². The number of nitrogens with one attached hydrogen (secondary N) is 1. The fourth-order valence-corrected chi connectivity index (χ4v) is 5.19. The number of anilines is 1. The highest BCUT2D eigenvalue weighted by atomic mass is 15.3. The molecule has 3 aromatic heterocycles. The van der Waals surface area contributed by atoms with Gasteiger partial charge in [0.15, 0.2) is 5.65 Å². The molecule has 0 bridgehead atoms. The van der Waals surface area contributed by atoms with Gasteiger partial charge in [-0.25, -0.2) is 4.98 Å². The Bertz CT molecular complexity index is 965. The van der Waals surface area contributed by atoms with Crippen LogP contribution in [0.1, 0.15) is 102 Å². The lowest BCUT2D eigenvalue weighted by Crippen LogP contribution is -2.11. The van der Waals surface area contributed by atoms with E-state index in [1.165, 1.54) is 57.1 Å². The lowest BCUT2D eigenvalue weighted by Gasteiger charge is -2.20. The van der Waals surface area contributed by atoms with Crippen molar-refractivity contribution in [3.63, 3.8) is 0 Å². The topological polar surface area (TPSA) is 55.1 Å². The molecule has 3 heterocycles. The van der Waals surface area contributed by atoms with Crippen molar-refractivity contribution in [2.24, 2.45) is 11.8 Å². The quantitative estimate of drug-likeness (QED) is 0.347. The first-order valence-corrected chi connectivity index (χ1v) is 13.1. The standard InChI is InChI=1S/C26H37N5.C2H6/c1-4-8-23(13-6-12-22-11-5-9-19(22)2)24-15-25(28-18-21-10-7-14-27-17-21)31-26(30-24)20(3)16-29-31;1-2/h7,10,14-17,19,22-23,28H,4-6,8-9,11-13,18H2,1-3H3;1-2H3. The molecule has 180 valence electrons. The second-order valence-corrected chi connectivity index (χ2v) is 9.43. The summed E-state index contributed by atoms with van der Waals surface area (Å²) < 4.78 is 1.94. The van der Waals surface area contributed by atoms with Crippen LogP contribution < -0.4 is 5.32 Å². The summed E-state index contributed by atoms with van der Waals surface area (Å²) in [5, 5.41) is 8.16. The lowest BCUT2D eigenvalue weighted by molar-refractivity contribution is 0.366. The van der Waals surface area contributed by atoms with Gasteiger partial charge in [0.05, 0.1) is 6.20 Å². The molecule has 4 rings (SSSR count). The zero-order valence-corrected chi connectivity index (χ0v) is 21.3. The molecule has 1 saturated carbocycles. The van der Waals surface area contributed by atoms with Crippen LogP contribution in [0.15, 0.2) is 36.8 Å². The number of aryl methyl sites for hydroxylation is 1. The van der Waals surface area contributed by atoms with Crippen LogP contribution in [0.25, 0.3) is 5.65 Å². The van der Waals surface area contributed by atoms with Crippen LogP contribution in [0, 0.1) is 18.8 Å². The van der Waals surface area contributed by atoms with Crippen molar-refractivity contribution >= 4 is 11.5 Å². The van der Waals surface area contributed by atoms with Crippen molar-refractivity contribution in [2.45, 2.75) is 98.4 Å². The molecule has 3 aromatic rings. The van der Waals surface area contributed by atoms with Crippen LogP contribution in [0.3, 0.4) is 0 Å². The first-order chi connectivity index (χ1) is 16.2. The van der Waals surface area contributed by atoms with Gasteiger partial charge in [0.1, 0.15) is 5.82 Å². The Hall–Kier alpha value is -2.43. The van der Waals surface area contributed by atoms with Gasteiger partial charge >= 0.3 is 0 Å². The number of pyridine rings is 1. The van der Waals surface area contributed by atoms with Crippen molar-refractivity contribution in [1.29, 1.82) is 0 Å². The summed E-state index contributed by atoms with van der Waals surface area (Å²) in [7, 11) is 0. The Labute approximate surface area is 200 Å². The van der Waals surface area contributed by atoms with E-state index in [9.17, 15) is 0 Å². The van der Waals surface area contributed by atoms with Crippen molar-refractivity contribution in [1.82, 2.24) is 19.6 Å². The third-order valence-corrected chi connectivity index (χ3v) is 7.09. The fourth-order valence-electron chi connectivity index (χ4n) is 5.19. The van der Waals surface area contributed by atoms with Gasteiger partial charge in [0.2, 0.25) is 0 Å². The van der Waals surface area contributed by atoms with E-state index in [1.54, 1.807) is 0 Å². The first kappa shape index (κ1) is 25.2. The van der Waals surface area contributed by atoms with Gasteiger partial charge in [-0.2, -0.15) is 9.61 Å². The third-order valence-electron chi connectivity index (χ3n) is 7.09. The van der Waals surface area contributed by atoms with Crippen molar-refractivity contribution in [3.05, 3.63) is 53.6 Å². The van der Waals surface area contributed by atoms with E-state index < -0.39 is 0 Å². The van der Waals surface area contributed by atoms with Crippen molar-refractivity contribution < 1.29 is 0 Å². The minimum atomic E-state index is 0.514. The molecule has 1 aliphatic carbocycles. The average molecular weight is 450 g/mol. The van der Waals surface area contributed by atoms with E-state index in [4.69, 9.17) is 4.98 Å². The van der Waals surface area contributed by atoms with Crippen LogP contribution >= 0.6 is 0 Å². The number of nitrogens with zero attached hydrogens (tertiary/aromatic N) is 4. The number of hydrogen-bond donors (Lipinski definition) is 1. The van der Waals surface area contributed by atoms with Gasteiger partial charge in [0.25, 0.3) is 0 Å². The molecule has 5 nitrogen and oxygen atoms in total. The molecule has 1 N–H and O–H groups in total. The minimum absolute atomic E-state index is 0.514. The molecule has 0 radical (unpaired) electrons. The van der Waals surface area contributed by atoms with E-state index in [2.05, 4.69) is 48.3 Å². The van der Waals surface area contributed by atoms with Crippen LogP contribution in [0.4, 0.5) is 5.82 Å². The number of fused-ring (bicyclic) bond motifs is 1. The summed E-state index contributed by atoms with van der Waals surface area (Å²) in [5.74, 6) is 3.38. The van der Waals surface area contributed by atoms with Crippen molar-refractivity contribution in [3.8, 4) is 0 Å². The fraction of sp³-hybridized carbons (Fsp3) is 0.607. The number of hydrogen-bond acceptors (Lipinski definition) is 4. The Kier molecular flexibility index (Phi) is 9.71. The van der Waals surface area contributed by atoms with E-state index in [-0.39, 0.29) is 0 Å². The predicted molar refractivity (Wildman–Crippen MR) is 139 cm³/mol. The number of rotatable bonds is 10. The van der Waals surface area contributed by atoms with Crippen molar-refractivity contribution in [2.75, 3.05) is 5.32 Å². The summed E-state index contributed by atoms with van der Waals surface area (Å²) in [4.78, 5) is 9.31. The average Bonchev–Trinajstić information content (AvgIpc) is 3.44. The highest BCUT2D eigenvalue weighted by molar-refractivity contribution is 5.54. The highest BCUT2D eigenvalue weighted by Gasteiger charge is 2.24. The molecule has 0 aromatic carbocycles. The minimum Gasteiger partial charge on any atom is -0.366 e. The van der Waals surface area contributed by atoms with Gasteiger partial charge in [-0.3, -0.25) is 4.98 Å². The summed E-state index contributed by atoms with van der Waals surface area (Å²) >= 11 is 0. The Morgan fingerprint density at radius 3 is 2.73 bits per heavy atom. The van der Waals surface area contributed by atoms with Crippen LogP contribution in [-0.4, -0.2) is 19.6 Å². The second kappa shape index (κ2) is 12.7. The summed E-state index contributed by atoms with van der Waals surface area (Å²) in [6.07, 6.45) is 16.2. The maximum absolute atomic E-state index is 5.08. The Morgan fingerprint density at radius 1 is 1.18 bits per heavy atom. The maximum Gasteiger partial charge on any atom is 0.160 e. The van der Waals surface area contributed by atoms with E-state index >= 15 is 0 Å². The van der Waals surface area contributed by atoms with Crippen LogP contribution in [-0.2, 0) is 6.54 Å². The third kappa shape index (κ3) is 6.55. The predicted octanol–water partition coefficient (Wildman–Crippen LogP) is 7.56. The van der Waals surface area contributed by atoms with Gasteiger partial charge in [-0.1, -0.05) is 72.3 Å².